The Hall–Kier alpha value is -0.740. The summed E-state index contributed by atoms with van der Waals surface area (Å²) in [5.74, 6) is -0.500. The Morgan fingerprint density at radius 2 is 1.78 bits per heavy atom. The van der Waals surface area contributed by atoms with Gasteiger partial charge in [-0.1, -0.05) is 12.8 Å². The number of guanidine groups is 1. The normalized spacial score (nSPS) is 24.9. The third kappa shape index (κ3) is 7.30. The van der Waals surface area contributed by atoms with Crippen molar-refractivity contribution in [2.24, 2.45) is 22.7 Å². The first-order valence-electron chi connectivity index (χ1n) is 9.58. The summed E-state index contributed by atoms with van der Waals surface area (Å²) in [6, 6.07) is 0. The van der Waals surface area contributed by atoms with Gasteiger partial charge in [-0.25, -0.2) is 0 Å². The molecule has 1 saturated carbocycles. The molecule has 0 aromatic carbocycles. The molecule has 1 aliphatic carbocycles. The number of rotatable bonds is 4. The minimum absolute atomic E-state index is 0. The lowest BCUT2D eigenvalue weighted by Crippen LogP contribution is -2.48. The van der Waals surface area contributed by atoms with Crippen LogP contribution in [0.15, 0.2) is 4.99 Å². The molecular formula is C18H32F3IN4O. The zero-order valence-corrected chi connectivity index (χ0v) is 18.5. The lowest BCUT2D eigenvalue weighted by Gasteiger charge is -2.36. The van der Waals surface area contributed by atoms with Gasteiger partial charge in [0.2, 0.25) is 5.91 Å². The van der Waals surface area contributed by atoms with Gasteiger partial charge in [0, 0.05) is 40.2 Å². The Kier molecular flexibility index (Phi) is 10.2. The van der Waals surface area contributed by atoms with Crippen LogP contribution in [0.4, 0.5) is 13.2 Å². The molecule has 0 spiro atoms. The van der Waals surface area contributed by atoms with Crippen molar-refractivity contribution in [3.05, 3.63) is 0 Å². The fraction of sp³-hybridized carbons (Fsp3) is 0.889. The molecule has 1 saturated heterocycles. The first-order chi connectivity index (χ1) is 12.3. The van der Waals surface area contributed by atoms with E-state index in [1.54, 1.807) is 14.1 Å². The van der Waals surface area contributed by atoms with Gasteiger partial charge < -0.3 is 15.5 Å². The molecule has 1 amide bonds. The number of likely N-dealkylation sites (tertiary alicyclic amines) is 1. The highest BCUT2D eigenvalue weighted by atomic mass is 127. The van der Waals surface area contributed by atoms with E-state index < -0.39 is 12.1 Å². The molecule has 2 rings (SSSR count). The van der Waals surface area contributed by atoms with Crippen LogP contribution < -0.4 is 10.6 Å². The lowest BCUT2D eigenvalue weighted by molar-refractivity contribution is -0.195. The Morgan fingerprint density at radius 1 is 1.15 bits per heavy atom. The number of amides is 1. The average Bonchev–Trinajstić information content (AvgIpc) is 2.63. The van der Waals surface area contributed by atoms with Crippen LogP contribution in [-0.2, 0) is 4.79 Å². The SMILES string of the molecule is CN=C(NCC1CCCCC1C(F)(F)F)N1CCC(CC(=O)NC)CC1.I. The molecule has 2 fully saturated rings. The van der Waals surface area contributed by atoms with Gasteiger partial charge in [0.1, 0.15) is 0 Å². The van der Waals surface area contributed by atoms with Crippen LogP contribution >= 0.6 is 24.0 Å². The molecule has 2 aliphatic rings. The summed E-state index contributed by atoms with van der Waals surface area (Å²) in [4.78, 5) is 17.8. The third-order valence-electron chi connectivity index (χ3n) is 5.73. The molecule has 0 radical (unpaired) electrons. The first-order valence-corrected chi connectivity index (χ1v) is 9.58. The number of piperidine rings is 1. The van der Waals surface area contributed by atoms with Gasteiger partial charge >= 0.3 is 6.18 Å². The van der Waals surface area contributed by atoms with E-state index in [9.17, 15) is 18.0 Å². The van der Waals surface area contributed by atoms with E-state index in [0.29, 0.717) is 37.7 Å². The maximum absolute atomic E-state index is 13.2. The highest BCUT2D eigenvalue weighted by Crippen LogP contribution is 2.41. The standard InChI is InChI=1S/C18H31F3N4O.HI/c1-22-16(26)11-13-7-9-25(10-8-13)17(23-2)24-12-14-5-3-4-6-15(14)18(19,20)21;/h13-15H,3-12H2,1-2H3,(H,22,26)(H,23,24);1H. The zero-order valence-electron chi connectivity index (χ0n) is 16.1. The molecule has 2 unspecified atom stereocenters. The minimum Gasteiger partial charge on any atom is -0.359 e. The number of nitrogens with one attached hydrogen (secondary N) is 2. The van der Waals surface area contributed by atoms with Crippen LogP contribution in [0, 0.1) is 17.8 Å². The molecule has 1 aliphatic heterocycles. The van der Waals surface area contributed by atoms with Crippen molar-refractivity contribution < 1.29 is 18.0 Å². The quantitative estimate of drug-likeness (QED) is 0.351. The van der Waals surface area contributed by atoms with Gasteiger partial charge in [0.25, 0.3) is 0 Å². The topological polar surface area (TPSA) is 56.7 Å². The largest absolute Gasteiger partial charge is 0.392 e. The van der Waals surface area contributed by atoms with Gasteiger partial charge in [-0.05, 0) is 37.5 Å². The second-order valence-electron chi connectivity index (χ2n) is 7.43. The van der Waals surface area contributed by atoms with Crippen LogP contribution in [-0.4, -0.2) is 56.7 Å². The number of hydrogen-bond donors (Lipinski definition) is 2. The van der Waals surface area contributed by atoms with Crippen molar-refractivity contribution >= 4 is 35.8 Å². The van der Waals surface area contributed by atoms with Gasteiger partial charge in [0.15, 0.2) is 5.96 Å². The molecule has 0 aromatic rings. The molecule has 0 aromatic heterocycles. The van der Waals surface area contributed by atoms with Gasteiger partial charge in [-0.2, -0.15) is 13.2 Å². The fourth-order valence-electron chi connectivity index (χ4n) is 4.15. The maximum Gasteiger partial charge on any atom is 0.392 e. The minimum atomic E-state index is -4.12. The number of hydrogen-bond acceptors (Lipinski definition) is 2. The maximum atomic E-state index is 13.2. The average molecular weight is 504 g/mol. The predicted molar refractivity (Wildman–Crippen MR) is 111 cm³/mol. The summed E-state index contributed by atoms with van der Waals surface area (Å²) in [6.45, 7) is 1.86. The van der Waals surface area contributed by atoms with Crippen LogP contribution in [0.5, 0.6) is 0 Å². The molecule has 2 atom stereocenters. The number of aliphatic imine (C=N–C) groups is 1. The Labute approximate surface area is 176 Å². The fourth-order valence-corrected chi connectivity index (χ4v) is 4.15. The van der Waals surface area contributed by atoms with Crippen molar-refractivity contribution in [2.45, 2.75) is 51.1 Å². The monoisotopic (exact) mass is 504 g/mol. The van der Waals surface area contributed by atoms with Crippen LogP contribution in [0.25, 0.3) is 0 Å². The number of nitrogens with zero attached hydrogens (tertiary/aromatic N) is 2. The van der Waals surface area contributed by atoms with Gasteiger partial charge in [-0.3, -0.25) is 9.79 Å². The van der Waals surface area contributed by atoms with E-state index in [1.165, 1.54) is 0 Å². The highest BCUT2D eigenvalue weighted by Gasteiger charge is 2.45. The third-order valence-corrected chi connectivity index (χ3v) is 5.73. The molecule has 0 bridgehead atoms. The number of carbonyl (C=O) groups excluding carboxylic acids is 1. The van der Waals surface area contributed by atoms with Crippen molar-refractivity contribution in [3.63, 3.8) is 0 Å². The molecule has 158 valence electrons. The summed E-state index contributed by atoms with van der Waals surface area (Å²) < 4.78 is 39.7. The number of carbonyl (C=O) groups is 1. The van der Waals surface area contributed by atoms with E-state index in [4.69, 9.17) is 0 Å². The van der Waals surface area contributed by atoms with Crippen LogP contribution in [0.1, 0.15) is 44.9 Å². The Balaban J connectivity index is 0.00000364. The van der Waals surface area contributed by atoms with E-state index >= 15 is 0 Å². The van der Waals surface area contributed by atoms with E-state index in [-0.39, 0.29) is 42.2 Å². The summed E-state index contributed by atoms with van der Waals surface area (Å²) in [5, 5.41) is 5.82. The summed E-state index contributed by atoms with van der Waals surface area (Å²) in [5.41, 5.74) is 0. The van der Waals surface area contributed by atoms with Crippen molar-refractivity contribution in [1.29, 1.82) is 0 Å². The van der Waals surface area contributed by atoms with Crippen molar-refractivity contribution in [2.75, 3.05) is 33.7 Å². The van der Waals surface area contributed by atoms with E-state index in [0.717, 1.165) is 32.4 Å². The summed E-state index contributed by atoms with van der Waals surface area (Å²) in [6.07, 6.45) is 0.573. The molecule has 5 nitrogen and oxygen atoms in total. The summed E-state index contributed by atoms with van der Waals surface area (Å²) in [7, 11) is 3.31. The van der Waals surface area contributed by atoms with Crippen LogP contribution in [0.3, 0.4) is 0 Å². The molecular weight excluding hydrogens is 472 g/mol. The Bertz CT molecular complexity index is 493. The molecule has 27 heavy (non-hydrogen) atoms. The first kappa shape index (κ1) is 24.3. The number of halogens is 4. The predicted octanol–water partition coefficient (Wildman–Crippen LogP) is 3.40. The second kappa shape index (κ2) is 11.3. The van der Waals surface area contributed by atoms with E-state index in [2.05, 4.69) is 20.5 Å². The van der Waals surface area contributed by atoms with E-state index in [1.807, 2.05) is 0 Å². The molecule has 2 N–H and O–H groups in total. The second-order valence-corrected chi connectivity index (χ2v) is 7.43. The lowest BCUT2D eigenvalue weighted by atomic mass is 9.79. The zero-order chi connectivity index (χ0) is 19.2. The summed E-state index contributed by atoms with van der Waals surface area (Å²) >= 11 is 0. The Morgan fingerprint density at radius 3 is 2.33 bits per heavy atom. The highest BCUT2D eigenvalue weighted by molar-refractivity contribution is 14.0. The van der Waals surface area contributed by atoms with Gasteiger partial charge in [0.05, 0.1) is 5.92 Å². The van der Waals surface area contributed by atoms with Crippen molar-refractivity contribution in [3.8, 4) is 0 Å². The smallest absolute Gasteiger partial charge is 0.359 e. The van der Waals surface area contributed by atoms with Crippen molar-refractivity contribution in [1.82, 2.24) is 15.5 Å². The molecule has 9 heteroatoms. The van der Waals surface area contributed by atoms with Crippen LogP contribution in [0.2, 0.25) is 0 Å². The number of alkyl halides is 3. The van der Waals surface area contributed by atoms with Gasteiger partial charge in [-0.15, -0.1) is 24.0 Å². The molecule has 1 heterocycles.